The number of carboxylic acids is 2. The molecule has 0 saturated carbocycles. The quantitative estimate of drug-likeness (QED) is 0.486. The van der Waals surface area contributed by atoms with E-state index in [2.05, 4.69) is 22.6 Å². The fraction of sp³-hybridized carbons (Fsp3) is 0.542. The number of halogens is 3. The average molecular weight is 561 g/mol. The maximum atomic E-state index is 12.4. The first kappa shape index (κ1) is 29.6. The minimum Gasteiger partial charge on any atom is -0.480 e. The normalized spacial score (nSPS) is 18.4. The van der Waals surface area contributed by atoms with Crippen molar-refractivity contribution in [1.82, 2.24) is 19.4 Å². The molecule has 0 unspecified atom stereocenters. The number of carbonyl (C=O) groups is 2. The highest BCUT2D eigenvalue weighted by Crippen LogP contribution is 2.33. The summed E-state index contributed by atoms with van der Waals surface area (Å²) in [7, 11) is -3.54. The Morgan fingerprint density at radius 3 is 2.26 bits per heavy atom. The molecule has 210 valence electrons. The molecule has 1 aromatic heterocycles. The van der Waals surface area contributed by atoms with Gasteiger partial charge in [-0.2, -0.15) is 22.4 Å². The highest BCUT2D eigenvalue weighted by molar-refractivity contribution is 7.89. The van der Waals surface area contributed by atoms with Crippen LogP contribution in [0.25, 0.3) is 17.0 Å². The molecular formula is C24H31F3N4O6S. The topological polar surface area (TPSA) is 142 Å². The van der Waals surface area contributed by atoms with Gasteiger partial charge in [0.05, 0.1) is 24.0 Å². The van der Waals surface area contributed by atoms with Crippen molar-refractivity contribution in [2.24, 2.45) is 5.92 Å². The van der Waals surface area contributed by atoms with Crippen LogP contribution in [0.15, 0.2) is 24.3 Å². The van der Waals surface area contributed by atoms with Crippen LogP contribution < -0.4 is 5.32 Å². The summed E-state index contributed by atoms with van der Waals surface area (Å²) in [5.41, 5.74) is 2.38. The number of rotatable bonds is 6. The van der Waals surface area contributed by atoms with Crippen LogP contribution >= 0.6 is 0 Å². The van der Waals surface area contributed by atoms with E-state index in [-0.39, 0.29) is 12.5 Å². The van der Waals surface area contributed by atoms with Crippen molar-refractivity contribution < 1.29 is 41.4 Å². The molecule has 3 heterocycles. The first-order chi connectivity index (χ1) is 17.8. The monoisotopic (exact) mass is 560 g/mol. The fourth-order valence-corrected chi connectivity index (χ4v) is 5.37. The summed E-state index contributed by atoms with van der Waals surface area (Å²) in [6.45, 7) is 3.44. The molecule has 2 aliphatic rings. The zero-order chi connectivity index (χ0) is 28.1. The molecule has 0 bridgehead atoms. The van der Waals surface area contributed by atoms with Gasteiger partial charge in [-0.15, -0.1) is 0 Å². The van der Waals surface area contributed by atoms with Gasteiger partial charge in [0.1, 0.15) is 0 Å². The smallest absolute Gasteiger partial charge is 0.480 e. The Morgan fingerprint density at radius 1 is 1.13 bits per heavy atom. The van der Waals surface area contributed by atoms with E-state index in [4.69, 9.17) is 15.0 Å². The molecule has 0 amide bonds. The molecule has 4 rings (SSSR count). The van der Waals surface area contributed by atoms with Crippen molar-refractivity contribution in [2.45, 2.75) is 37.8 Å². The van der Waals surface area contributed by atoms with E-state index in [0.29, 0.717) is 24.5 Å². The van der Waals surface area contributed by atoms with Crippen molar-refractivity contribution in [2.75, 3.05) is 39.0 Å². The first-order valence-corrected chi connectivity index (χ1v) is 14.0. The van der Waals surface area contributed by atoms with Crippen molar-refractivity contribution in [3.8, 4) is 0 Å². The fourth-order valence-electron chi connectivity index (χ4n) is 4.63. The van der Waals surface area contributed by atoms with Crippen molar-refractivity contribution in [3.63, 3.8) is 0 Å². The molecule has 2 aromatic rings. The predicted octanol–water partition coefficient (Wildman–Crippen LogP) is 2.75. The average Bonchev–Trinajstić information content (AvgIpc) is 3.23. The lowest BCUT2D eigenvalue weighted by molar-refractivity contribution is -0.192. The molecular weight excluding hydrogens is 529 g/mol. The highest BCUT2D eigenvalue weighted by Gasteiger charge is 2.38. The third-order valence-corrected chi connectivity index (χ3v) is 7.44. The molecule has 2 saturated heterocycles. The molecule has 14 heteroatoms. The number of aliphatic carboxylic acids is 2. The van der Waals surface area contributed by atoms with E-state index in [1.54, 1.807) is 0 Å². The van der Waals surface area contributed by atoms with Gasteiger partial charge in [-0.3, -0.25) is 9.69 Å². The molecule has 0 radical (unpaired) electrons. The van der Waals surface area contributed by atoms with Crippen LogP contribution in [0, 0.1) is 5.92 Å². The molecule has 0 aliphatic carbocycles. The summed E-state index contributed by atoms with van der Waals surface area (Å²) >= 11 is 0. The third-order valence-electron chi connectivity index (χ3n) is 6.54. The van der Waals surface area contributed by atoms with Crippen molar-refractivity contribution in [3.05, 3.63) is 35.5 Å². The summed E-state index contributed by atoms with van der Waals surface area (Å²) in [5, 5.41) is 24.9. The van der Waals surface area contributed by atoms with Crippen LogP contribution in [-0.2, 0) is 19.6 Å². The van der Waals surface area contributed by atoms with E-state index in [1.807, 2.05) is 23.1 Å². The Bertz CT molecular complexity index is 1280. The summed E-state index contributed by atoms with van der Waals surface area (Å²) < 4.78 is 57.8. The van der Waals surface area contributed by atoms with Crippen LogP contribution in [-0.4, -0.2) is 89.8 Å². The van der Waals surface area contributed by atoms with Gasteiger partial charge in [0.15, 0.2) is 0 Å². The zero-order valence-electron chi connectivity index (χ0n) is 20.8. The summed E-state index contributed by atoms with van der Waals surface area (Å²) in [5.74, 6) is -2.92. The van der Waals surface area contributed by atoms with Crippen LogP contribution in [0.4, 0.5) is 13.2 Å². The lowest BCUT2D eigenvalue weighted by Crippen LogP contribution is -2.36. The number of fused-ring (bicyclic) bond motifs is 1. The summed E-state index contributed by atoms with van der Waals surface area (Å²) in [4.78, 5) is 21.8. The van der Waals surface area contributed by atoms with E-state index in [1.165, 1.54) is 6.26 Å². The van der Waals surface area contributed by atoms with Gasteiger partial charge >= 0.3 is 18.1 Å². The standard InChI is InChI=1S/C22H30N4O4S.C2HF3O2/c1-31(29,30)26-20-14-17(3-2-16-6-10-23-11-7-16)4-5-19(20)22(24-26)18-8-12-25(13-9-18)15-21(27)28;3-2(4,5)1(6)7/h2-5,14,16,18,23H,6-13,15H2,1H3,(H,27,28);(H,6,7). The molecule has 3 N–H and O–H groups in total. The molecule has 2 aliphatic heterocycles. The van der Waals surface area contributed by atoms with Crippen LogP contribution in [0.1, 0.15) is 42.9 Å². The third kappa shape index (κ3) is 8.01. The Kier molecular flexibility index (Phi) is 9.54. The van der Waals surface area contributed by atoms with E-state index in [0.717, 1.165) is 59.5 Å². The Balaban J connectivity index is 0.000000505. The number of aromatic nitrogens is 2. The Labute approximate surface area is 218 Å². The number of carboxylic acid groups (broad SMARTS) is 2. The maximum absolute atomic E-state index is 12.4. The number of hydrogen-bond donors (Lipinski definition) is 3. The molecule has 0 spiro atoms. The second-order valence-electron chi connectivity index (χ2n) is 9.46. The lowest BCUT2D eigenvalue weighted by atomic mass is 9.91. The van der Waals surface area contributed by atoms with Gasteiger partial charge in [-0.1, -0.05) is 24.3 Å². The van der Waals surface area contributed by atoms with Gasteiger partial charge < -0.3 is 15.5 Å². The second-order valence-corrected chi connectivity index (χ2v) is 11.3. The van der Waals surface area contributed by atoms with Gasteiger partial charge in [0.25, 0.3) is 10.0 Å². The first-order valence-electron chi connectivity index (χ1n) is 12.1. The number of hydrogen-bond acceptors (Lipinski definition) is 7. The largest absolute Gasteiger partial charge is 0.490 e. The number of nitrogens with one attached hydrogen (secondary N) is 1. The van der Waals surface area contributed by atoms with E-state index < -0.39 is 28.1 Å². The van der Waals surface area contributed by atoms with Gasteiger partial charge in [-0.25, -0.2) is 13.2 Å². The van der Waals surface area contributed by atoms with E-state index in [9.17, 15) is 26.4 Å². The van der Waals surface area contributed by atoms with Crippen molar-refractivity contribution in [1.29, 1.82) is 0 Å². The number of piperidine rings is 2. The van der Waals surface area contributed by atoms with Crippen molar-refractivity contribution >= 4 is 38.9 Å². The minimum absolute atomic E-state index is 0.0397. The van der Waals surface area contributed by atoms with Crippen LogP contribution in [0.3, 0.4) is 0 Å². The number of likely N-dealkylation sites (tertiary alicyclic amines) is 1. The molecule has 38 heavy (non-hydrogen) atoms. The predicted molar refractivity (Wildman–Crippen MR) is 134 cm³/mol. The van der Waals surface area contributed by atoms with Gasteiger partial charge in [-0.05, 0) is 69.4 Å². The van der Waals surface area contributed by atoms with Crippen LogP contribution in [0.2, 0.25) is 0 Å². The zero-order valence-corrected chi connectivity index (χ0v) is 21.6. The number of allylic oxidation sites excluding steroid dienone is 1. The second kappa shape index (κ2) is 12.3. The SMILES string of the molecule is CS(=O)(=O)n1nc(C2CCN(CC(=O)O)CC2)c2ccc(C=CC3CCNCC3)cc21.O=C(O)C(F)(F)F. The van der Waals surface area contributed by atoms with E-state index >= 15 is 0 Å². The van der Waals surface area contributed by atoms with Gasteiger partial charge in [0, 0.05) is 11.3 Å². The maximum Gasteiger partial charge on any atom is 0.490 e. The number of nitrogens with zero attached hydrogens (tertiary/aromatic N) is 3. The number of benzene rings is 1. The molecule has 2 fully saturated rings. The minimum atomic E-state index is -5.08. The molecule has 1 aromatic carbocycles. The summed E-state index contributed by atoms with van der Waals surface area (Å²) in [6.07, 6.45) is 4.16. The summed E-state index contributed by atoms with van der Waals surface area (Å²) in [6, 6.07) is 5.91. The van der Waals surface area contributed by atoms with Gasteiger partial charge in [0.2, 0.25) is 0 Å². The Hall–Kier alpha value is -2.97. The highest BCUT2D eigenvalue weighted by atomic mass is 32.2. The Morgan fingerprint density at radius 2 is 1.74 bits per heavy atom. The number of alkyl halides is 3. The lowest BCUT2D eigenvalue weighted by Gasteiger charge is -2.30. The molecule has 0 atom stereocenters. The van der Waals surface area contributed by atoms with Crippen LogP contribution in [0.5, 0.6) is 0 Å². The molecule has 10 nitrogen and oxygen atoms in total.